The third-order valence-corrected chi connectivity index (χ3v) is 4.69. The topological polar surface area (TPSA) is 24.9 Å². The van der Waals surface area contributed by atoms with Crippen LogP contribution in [-0.4, -0.2) is 17.3 Å². The number of benzene rings is 1. The van der Waals surface area contributed by atoms with Gasteiger partial charge in [0.15, 0.2) is 0 Å². The highest BCUT2D eigenvalue weighted by atomic mass is 32.2. The van der Waals surface area contributed by atoms with Crippen molar-refractivity contribution in [2.45, 2.75) is 23.7 Å². The molecule has 1 unspecified atom stereocenters. The summed E-state index contributed by atoms with van der Waals surface area (Å²) in [6.45, 7) is 3.25. The van der Waals surface area contributed by atoms with Gasteiger partial charge in [-0.15, -0.1) is 11.3 Å². The zero-order chi connectivity index (χ0) is 12.6. The van der Waals surface area contributed by atoms with Gasteiger partial charge in [0.25, 0.3) is 0 Å². The van der Waals surface area contributed by atoms with Crippen LogP contribution in [0.1, 0.15) is 24.9 Å². The van der Waals surface area contributed by atoms with E-state index in [1.807, 2.05) is 23.3 Å². The van der Waals surface area contributed by atoms with E-state index in [0.717, 1.165) is 23.1 Å². The van der Waals surface area contributed by atoms with E-state index < -0.39 is 0 Å². The van der Waals surface area contributed by atoms with Crippen molar-refractivity contribution >= 4 is 23.1 Å². The number of rotatable bonds is 7. The van der Waals surface area contributed by atoms with E-state index in [4.69, 9.17) is 0 Å². The van der Waals surface area contributed by atoms with Crippen molar-refractivity contribution in [1.29, 1.82) is 0 Å². The minimum atomic E-state index is 0.403. The summed E-state index contributed by atoms with van der Waals surface area (Å²) in [5, 5.41) is 5.63. The minimum absolute atomic E-state index is 0.403. The predicted octanol–water partition coefficient (Wildman–Crippen LogP) is 3.98. The highest BCUT2D eigenvalue weighted by molar-refractivity contribution is 8.01. The molecule has 2 aromatic rings. The Morgan fingerprint density at radius 2 is 2.17 bits per heavy atom. The van der Waals surface area contributed by atoms with E-state index in [0.29, 0.717) is 6.04 Å². The average molecular weight is 278 g/mol. The van der Waals surface area contributed by atoms with Gasteiger partial charge in [-0.25, -0.2) is 4.98 Å². The number of nitrogens with zero attached hydrogens (tertiary/aromatic N) is 1. The van der Waals surface area contributed by atoms with Crippen LogP contribution in [-0.2, 0) is 0 Å². The predicted molar refractivity (Wildman–Crippen MR) is 80.3 cm³/mol. The summed E-state index contributed by atoms with van der Waals surface area (Å²) in [5.74, 6) is 1.03. The fourth-order valence-corrected chi connectivity index (χ4v) is 3.47. The van der Waals surface area contributed by atoms with Crippen LogP contribution < -0.4 is 5.32 Å². The summed E-state index contributed by atoms with van der Waals surface area (Å²) in [6.07, 6.45) is 3.02. The maximum atomic E-state index is 4.32. The summed E-state index contributed by atoms with van der Waals surface area (Å²) >= 11 is 3.53. The van der Waals surface area contributed by atoms with Crippen LogP contribution in [0.25, 0.3) is 0 Å². The zero-order valence-electron chi connectivity index (χ0n) is 10.5. The van der Waals surface area contributed by atoms with Gasteiger partial charge in [0.05, 0.1) is 0 Å². The molecule has 0 bridgehead atoms. The van der Waals surface area contributed by atoms with Crippen molar-refractivity contribution in [1.82, 2.24) is 10.3 Å². The fourth-order valence-electron chi connectivity index (χ4n) is 1.71. The largest absolute Gasteiger partial charge is 0.309 e. The smallest absolute Gasteiger partial charge is 0.149 e. The number of aromatic nitrogens is 1. The van der Waals surface area contributed by atoms with Crippen LogP contribution in [0, 0.1) is 0 Å². The molecule has 2 nitrogen and oxygen atoms in total. The maximum absolute atomic E-state index is 4.32. The molecule has 0 spiro atoms. The molecule has 2 rings (SSSR count). The maximum Gasteiger partial charge on any atom is 0.149 e. The van der Waals surface area contributed by atoms with Crippen molar-refractivity contribution in [3.8, 4) is 0 Å². The first-order valence-corrected chi connectivity index (χ1v) is 8.07. The van der Waals surface area contributed by atoms with E-state index in [9.17, 15) is 0 Å². The molecule has 0 saturated heterocycles. The van der Waals surface area contributed by atoms with Gasteiger partial charge < -0.3 is 5.32 Å². The number of nitrogens with one attached hydrogen (secondary N) is 1. The van der Waals surface area contributed by atoms with Crippen LogP contribution in [0.5, 0.6) is 0 Å². The Morgan fingerprint density at radius 1 is 1.33 bits per heavy atom. The van der Waals surface area contributed by atoms with Gasteiger partial charge in [-0.3, -0.25) is 0 Å². The van der Waals surface area contributed by atoms with Crippen molar-refractivity contribution in [2.24, 2.45) is 0 Å². The van der Waals surface area contributed by atoms with E-state index >= 15 is 0 Å². The summed E-state index contributed by atoms with van der Waals surface area (Å²) < 4.78 is 1.15. The molecule has 4 heteroatoms. The molecule has 0 aliphatic carbocycles. The lowest BCUT2D eigenvalue weighted by atomic mass is 10.1. The molecular formula is C14H18N2S2. The normalized spacial score (nSPS) is 12.5. The average Bonchev–Trinajstić information content (AvgIpc) is 2.93. The Hall–Kier alpha value is -0.840. The molecule has 96 valence electrons. The number of hydrogen-bond donors (Lipinski definition) is 1. The SMILES string of the molecule is CCCNC(CSc1nccs1)c1ccccc1. The van der Waals surface area contributed by atoms with Gasteiger partial charge in [0.1, 0.15) is 4.34 Å². The highest BCUT2D eigenvalue weighted by Crippen LogP contribution is 2.26. The van der Waals surface area contributed by atoms with Crippen molar-refractivity contribution in [2.75, 3.05) is 12.3 Å². The standard InChI is InChI=1S/C14H18N2S2/c1-2-8-15-13(12-6-4-3-5-7-12)11-18-14-16-9-10-17-14/h3-7,9-10,13,15H,2,8,11H2,1H3. The Labute approximate surface area is 117 Å². The first-order chi connectivity index (χ1) is 8.90. The van der Waals surface area contributed by atoms with Crippen LogP contribution in [0.4, 0.5) is 0 Å². The minimum Gasteiger partial charge on any atom is -0.309 e. The van der Waals surface area contributed by atoms with Crippen LogP contribution in [0.3, 0.4) is 0 Å². The summed E-state index contributed by atoms with van der Waals surface area (Å²) in [4.78, 5) is 4.32. The van der Waals surface area contributed by atoms with E-state index in [-0.39, 0.29) is 0 Å². The van der Waals surface area contributed by atoms with Gasteiger partial charge in [-0.1, -0.05) is 49.0 Å². The number of hydrogen-bond acceptors (Lipinski definition) is 4. The molecule has 0 aliphatic heterocycles. The Morgan fingerprint density at radius 3 is 2.83 bits per heavy atom. The van der Waals surface area contributed by atoms with Crippen molar-refractivity contribution < 1.29 is 0 Å². The molecule has 1 aromatic heterocycles. The van der Waals surface area contributed by atoms with Gasteiger partial charge >= 0.3 is 0 Å². The van der Waals surface area contributed by atoms with Crippen molar-refractivity contribution in [3.63, 3.8) is 0 Å². The molecule has 0 saturated carbocycles. The second-order valence-electron chi connectivity index (χ2n) is 4.03. The van der Waals surface area contributed by atoms with Crippen LogP contribution in [0.15, 0.2) is 46.2 Å². The van der Waals surface area contributed by atoms with Crippen LogP contribution in [0.2, 0.25) is 0 Å². The molecule has 1 heterocycles. The monoisotopic (exact) mass is 278 g/mol. The molecule has 1 atom stereocenters. The van der Waals surface area contributed by atoms with Gasteiger partial charge in [0.2, 0.25) is 0 Å². The zero-order valence-corrected chi connectivity index (χ0v) is 12.1. The summed E-state index contributed by atoms with van der Waals surface area (Å²) in [6, 6.07) is 11.0. The third-order valence-electron chi connectivity index (χ3n) is 2.63. The molecule has 0 radical (unpaired) electrons. The van der Waals surface area contributed by atoms with Gasteiger partial charge in [-0.2, -0.15) is 0 Å². The molecular weight excluding hydrogens is 260 g/mol. The lowest BCUT2D eigenvalue weighted by molar-refractivity contribution is 0.577. The first kappa shape index (κ1) is 13.6. The highest BCUT2D eigenvalue weighted by Gasteiger charge is 2.11. The first-order valence-electron chi connectivity index (χ1n) is 6.20. The van der Waals surface area contributed by atoms with E-state index in [1.165, 1.54) is 5.56 Å². The van der Waals surface area contributed by atoms with E-state index in [1.54, 1.807) is 11.3 Å². The second-order valence-corrected chi connectivity index (χ2v) is 6.19. The molecule has 0 amide bonds. The molecule has 1 aromatic carbocycles. The summed E-state index contributed by atoms with van der Waals surface area (Å²) in [5.41, 5.74) is 1.36. The molecule has 0 aliphatic rings. The molecule has 0 fully saturated rings. The second kappa shape index (κ2) is 7.56. The fraction of sp³-hybridized carbons (Fsp3) is 0.357. The summed E-state index contributed by atoms with van der Waals surface area (Å²) in [7, 11) is 0. The van der Waals surface area contributed by atoms with Gasteiger partial charge in [-0.05, 0) is 18.5 Å². The molecule has 18 heavy (non-hydrogen) atoms. The van der Waals surface area contributed by atoms with Crippen molar-refractivity contribution in [3.05, 3.63) is 47.5 Å². The lowest BCUT2D eigenvalue weighted by Crippen LogP contribution is -2.24. The lowest BCUT2D eigenvalue weighted by Gasteiger charge is -2.18. The third kappa shape index (κ3) is 4.12. The molecule has 1 N–H and O–H groups in total. The Kier molecular flexibility index (Phi) is 5.71. The number of thioether (sulfide) groups is 1. The quantitative estimate of drug-likeness (QED) is 0.776. The Balaban J connectivity index is 1.96. The Bertz CT molecular complexity index is 428. The van der Waals surface area contributed by atoms with E-state index in [2.05, 4.69) is 47.6 Å². The van der Waals surface area contributed by atoms with Gasteiger partial charge in [0, 0.05) is 23.4 Å². The van der Waals surface area contributed by atoms with Crippen LogP contribution >= 0.6 is 23.1 Å². The number of thiazole rings is 1.